The number of aromatic nitrogens is 1. The molecule has 0 unspecified atom stereocenters. The molecule has 0 saturated carbocycles. The zero-order chi connectivity index (χ0) is 13.7. The van der Waals surface area contributed by atoms with E-state index in [-0.39, 0.29) is 0 Å². The highest BCUT2D eigenvalue weighted by molar-refractivity contribution is 6.17. The van der Waals surface area contributed by atoms with Crippen LogP contribution in [-0.4, -0.2) is 11.0 Å². The standard InChI is InChI=1S/C16H19ClN2/c1-13(2)19(12-14-6-4-3-5-7-14)16-9-8-15(10-17)11-18-16/h3-9,11,13H,10,12H2,1-2H3. The van der Waals surface area contributed by atoms with Gasteiger partial charge in [-0.25, -0.2) is 4.98 Å². The summed E-state index contributed by atoms with van der Waals surface area (Å²) < 4.78 is 0. The van der Waals surface area contributed by atoms with Crippen LogP contribution in [-0.2, 0) is 12.4 Å². The van der Waals surface area contributed by atoms with Crippen molar-refractivity contribution in [3.05, 3.63) is 59.8 Å². The molecule has 0 N–H and O–H groups in total. The monoisotopic (exact) mass is 274 g/mol. The van der Waals surface area contributed by atoms with Crippen molar-refractivity contribution >= 4 is 17.4 Å². The summed E-state index contributed by atoms with van der Waals surface area (Å²) in [5, 5.41) is 0. The van der Waals surface area contributed by atoms with Crippen LogP contribution >= 0.6 is 11.6 Å². The topological polar surface area (TPSA) is 16.1 Å². The Kier molecular flexibility index (Phi) is 4.80. The maximum absolute atomic E-state index is 5.80. The molecule has 1 heterocycles. The summed E-state index contributed by atoms with van der Waals surface area (Å²) in [6.07, 6.45) is 1.85. The molecule has 19 heavy (non-hydrogen) atoms. The zero-order valence-corrected chi connectivity index (χ0v) is 12.1. The Morgan fingerprint density at radius 2 is 1.79 bits per heavy atom. The third kappa shape index (κ3) is 3.71. The lowest BCUT2D eigenvalue weighted by Gasteiger charge is -2.28. The van der Waals surface area contributed by atoms with Gasteiger partial charge >= 0.3 is 0 Å². The summed E-state index contributed by atoms with van der Waals surface area (Å²) >= 11 is 5.80. The van der Waals surface area contributed by atoms with E-state index in [1.165, 1.54) is 5.56 Å². The summed E-state index contributed by atoms with van der Waals surface area (Å²) in [5.41, 5.74) is 2.34. The normalized spacial score (nSPS) is 10.7. The van der Waals surface area contributed by atoms with Crippen LogP contribution in [0.3, 0.4) is 0 Å². The minimum Gasteiger partial charge on any atom is -0.350 e. The van der Waals surface area contributed by atoms with Gasteiger partial charge in [0.1, 0.15) is 5.82 Å². The quantitative estimate of drug-likeness (QED) is 0.759. The predicted octanol–water partition coefficient (Wildman–Crippen LogP) is 4.24. The maximum Gasteiger partial charge on any atom is 0.129 e. The van der Waals surface area contributed by atoms with E-state index in [1.54, 1.807) is 0 Å². The lowest BCUT2D eigenvalue weighted by molar-refractivity contribution is 0.672. The van der Waals surface area contributed by atoms with Crippen molar-refractivity contribution in [2.24, 2.45) is 0 Å². The molecule has 0 saturated heterocycles. The van der Waals surface area contributed by atoms with E-state index < -0.39 is 0 Å². The summed E-state index contributed by atoms with van der Waals surface area (Å²) in [4.78, 5) is 6.79. The highest BCUT2D eigenvalue weighted by atomic mass is 35.5. The average molecular weight is 275 g/mol. The fraction of sp³-hybridized carbons (Fsp3) is 0.312. The maximum atomic E-state index is 5.80. The van der Waals surface area contributed by atoms with E-state index in [0.717, 1.165) is 17.9 Å². The lowest BCUT2D eigenvalue weighted by atomic mass is 10.2. The molecule has 0 aliphatic rings. The molecule has 0 aliphatic carbocycles. The molecule has 3 heteroatoms. The largest absolute Gasteiger partial charge is 0.350 e. The number of hydrogen-bond donors (Lipinski definition) is 0. The van der Waals surface area contributed by atoms with Crippen molar-refractivity contribution in [2.45, 2.75) is 32.3 Å². The second-order valence-electron chi connectivity index (χ2n) is 4.87. The molecule has 1 aromatic heterocycles. The number of pyridine rings is 1. The van der Waals surface area contributed by atoms with Crippen LogP contribution in [0.4, 0.5) is 5.82 Å². The highest BCUT2D eigenvalue weighted by Crippen LogP contribution is 2.18. The molecule has 1 aromatic carbocycles. The molecular weight excluding hydrogens is 256 g/mol. The minimum absolute atomic E-state index is 0.398. The Bertz CT molecular complexity index is 494. The second kappa shape index (κ2) is 6.58. The molecule has 0 aliphatic heterocycles. The first kappa shape index (κ1) is 13.9. The van der Waals surface area contributed by atoms with Crippen LogP contribution in [0.5, 0.6) is 0 Å². The fourth-order valence-electron chi connectivity index (χ4n) is 1.97. The fourth-order valence-corrected chi connectivity index (χ4v) is 2.13. The summed E-state index contributed by atoms with van der Waals surface area (Å²) in [5.74, 6) is 1.50. The van der Waals surface area contributed by atoms with E-state index in [2.05, 4.69) is 48.0 Å². The van der Waals surface area contributed by atoms with Gasteiger partial charge in [-0.3, -0.25) is 0 Å². The van der Waals surface area contributed by atoms with E-state index in [9.17, 15) is 0 Å². The number of halogens is 1. The third-order valence-electron chi connectivity index (χ3n) is 3.08. The average Bonchev–Trinajstić information content (AvgIpc) is 2.46. The van der Waals surface area contributed by atoms with Gasteiger partial charge in [0, 0.05) is 24.7 Å². The molecule has 0 atom stereocenters. The third-order valence-corrected chi connectivity index (χ3v) is 3.39. The molecule has 0 radical (unpaired) electrons. The van der Waals surface area contributed by atoms with E-state index in [4.69, 9.17) is 11.6 Å². The summed E-state index contributed by atoms with van der Waals surface area (Å²) in [6.45, 7) is 5.23. The Hall–Kier alpha value is -1.54. The smallest absolute Gasteiger partial charge is 0.129 e. The molecular formula is C16H19ClN2. The van der Waals surface area contributed by atoms with Crippen molar-refractivity contribution in [1.29, 1.82) is 0 Å². The number of anilines is 1. The number of nitrogens with zero attached hydrogens (tertiary/aromatic N) is 2. The van der Waals surface area contributed by atoms with Gasteiger partial charge in [0.2, 0.25) is 0 Å². The van der Waals surface area contributed by atoms with Gasteiger partial charge in [-0.05, 0) is 31.0 Å². The van der Waals surface area contributed by atoms with Gasteiger partial charge in [0.25, 0.3) is 0 Å². The van der Waals surface area contributed by atoms with Gasteiger partial charge in [-0.1, -0.05) is 36.4 Å². The van der Waals surface area contributed by atoms with Crippen LogP contribution in [0.2, 0.25) is 0 Å². The van der Waals surface area contributed by atoms with Crippen LogP contribution in [0, 0.1) is 0 Å². The van der Waals surface area contributed by atoms with Crippen molar-refractivity contribution in [2.75, 3.05) is 4.90 Å². The lowest BCUT2D eigenvalue weighted by Crippen LogP contribution is -2.30. The van der Waals surface area contributed by atoms with Crippen LogP contribution in [0.15, 0.2) is 48.7 Å². The zero-order valence-electron chi connectivity index (χ0n) is 11.4. The summed E-state index contributed by atoms with van der Waals surface area (Å²) in [7, 11) is 0. The van der Waals surface area contributed by atoms with Gasteiger partial charge < -0.3 is 4.90 Å². The first-order chi connectivity index (χ1) is 9.20. The SMILES string of the molecule is CC(C)N(Cc1ccccc1)c1ccc(CCl)cn1. The van der Waals surface area contributed by atoms with Crippen LogP contribution in [0.1, 0.15) is 25.0 Å². The Morgan fingerprint density at radius 3 is 2.32 bits per heavy atom. The molecule has 0 spiro atoms. The van der Waals surface area contributed by atoms with Crippen molar-refractivity contribution in [1.82, 2.24) is 4.98 Å². The first-order valence-corrected chi connectivity index (χ1v) is 7.05. The van der Waals surface area contributed by atoms with Gasteiger partial charge in [0.15, 0.2) is 0 Å². The number of hydrogen-bond acceptors (Lipinski definition) is 2. The Balaban J connectivity index is 2.19. The van der Waals surface area contributed by atoms with Gasteiger partial charge in [-0.2, -0.15) is 0 Å². The van der Waals surface area contributed by atoms with Crippen molar-refractivity contribution < 1.29 is 0 Å². The molecule has 2 rings (SSSR count). The Labute approximate surface area is 120 Å². The summed E-state index contributed by atoms with van der Waals surface area (Å²) in [6, 6.07) is 14.9. The first-order valence-electron chi connectivity index (χ1n) is 6.52. The van der Waals surface area contributed by atoms with Gasteiger partial charge in [-0.15, -0.1) is 11.6 Å². The molecule has 2 aromatic rings. The second-order valence-corrected chi connectivity index (χ2v) is 5.13. The van der Waals surface area contributed by atoms with Crippen molar-refractivity contribution in [3.63, 3.8) is 0 Å². The molecule has 0 fully saturated rings. The van der Waals surface area contributed by atoms with Crippen molar-refractivity contribution in [3.8, 4) is 0 Å². The predicted molar refractivity (Wildman–Crippen MR) is 81.6 cm³/mol. The Morgan fingerprint density at radius 1 is 1.05 bits per heavy atom. The van der Waals surface area contributed by atoms with E-state index >= 15 is 0 Å². The highest BCUT2D eigenvalue weighted by Gasteiger charge is 2.12. The van der Waals surface area contributed by atoms with E-state index in [0.29, 0.717) is 11.9 Å². The minimum atomic E-state index is 0.398. The number of rotatable bonds is 5. The molecule has 0 amide bonds. The molecule has 0 bridgehead atoms. The molecule has 2 nitrogen and oxygen atoms in total. The molecule has 100 valence electrons. The van der Waals surface area contributed by atoms with Gasteiger partial charge in [0.05, 0.1) is 0 Å². The van der Waals surface area contributed by atoms with Crippen LogP contribution in [0.25, 0.3) is 0 Å². The van der Waals surface area contributed by atoms with Crippen LogP contribution < -0.4 is 4.90 Å². The number of benzene rings is 1. The number of alkyl halides is 1. The van der Waals surface area contributed by atoms with E-state index in [1.807, 2.05) is 24.4 Å².